The van der Waals surface area contributed by atoms with E-state index >= 15 is 0 Å². The summed E-state index contributed by atoms with van der Waals surface area (Å²) >= 11 is 0. The average molecular weight is 235 g/mol. The van der Waals surface area contributed by atoms with E-state index in [1.165, 1.54) is 6.07 Å². The molecule has 0 saturated heterocycles. The number of aromatic nitrogens is 2. The molecular formula is C12H14FN3O. The smallest absolute Gasteiger partial charge is 0.236 e. The van der Waals surface area contributed by atoms with Crippen LogP contribution in [0.5, 0.6) is 5.88 Å². The fraction of sp³-hybridized carbons (Fsp3) is 0.250. The monoisotopic (exact) mass is 235 g/mol. The normalized spacial score (nSPS) is 10.5. The number of nitrogens with two attached hydrogens (primary N) is 1. The second kappa shape index (κ2) is 4.45. The molecule has 0 spiro atoms. The SMILES string of the molecule is Cc1nn(C)c(OCc2ccccc2F)c1N. The van der Waals surface area contributed by atoms with Gasteiger partial charge >= 0.3 is 0 Å². The Hall–Kier alpha value is -2.04. The third-order valence-electron chi connectivity index (χ3n) is 2.54. The number of rotatable bonds is 3. The highest BCUT2D eigenvalue weighted by Crippen LogP contribution is 2.24. The molecule has 5 heteroatoms. The number of anilines is 1. The van der Waals surface area contributed by atoms with Crippen LogP contribution in [0.1, 0.15) is 11.3 Å². The first kappa shape index (κ1) is 11.4. The van der Waals surface area contributed by atoms with Gasteiger partial charge < -0.3 is 10.5 Å². The minimum Gasteiger partial charge on any atom is -0.471 e. The first-order chi connectivity index (χ1) is 8.09. The summed E-state index contributed by atoms with van der Waals surface area (Å²) < 4.78 is 20.4. The molecule has 0 radical (unpaired) electrons. The number of aryl methyl sites for hydroxylation is 2. The number of hydrogen-bond acceptors (Lipinski definition) is 3. The van der Waals surface area contributed by atoms with E-state index in [0.717, 1.165) is 0 Å². The Kier molecular flexibility index (Phi) is 2.99. The van der Waals surface area contributed by atoms with Crippen LogP contribution in [0.25, 0.3) is 0 Å². The maximum atomic E-state index is 13.4. The molecule has 0 saturated carbocycles. The molecular weight excluding hydrogens is 221 g/mol. The van der Waals surface area contributed by atoms with E-state index in [-0.39, 0.29) is 12.4 Å². The van der Waals surface area contributed by atoms with Crippen LogP contribution in [0.3, 0.4) is 0 Å². The molecule has 0 atom stereocenters. The van der Waals surface area contributed by atoms with Crippen LogP contribution in [0.2, 0.25) is 0 Å². The van der Waals surface area contributed by atoms with Crippen molar-refractivity contribution in [3.8, 4) is 5.88 Å². The molecule has 0 bridgehead atoms. The quantitative estimate of drug-likeness (QED) is 0.885. The lowest BCUT2D eigenvalue weighted by atomic mass is 10.2. The fourth-order valence-corrected chi connectivity index (χ4v) is 1.59. The Morgan fingerprint density at radius 1 is 1.41 bits per heavy atom. The maximum Gasteiger partial charge on any atom is 0.236 e. The molecule has 0 fully saturated rings. The van der Waals surface area contributed by atoms with Gasteiger partial charge in [-0.05, 0) is 13.0 Å². The highest BCUT2D eigenvalue weighted by molar-refractivity contribution is 5.52. The van der Waals surface area contributed by atoms with Crippen LogP contribution in [0.4, 0.5) is 10.1 Å². The average Bonchev–Trinajstić information content (AvgIpc) is 2.53. The summed E-state index contributed by atoms with van der Waals surface area (Å²) in [6, 6.07) is 6.48. The number of hydrogen-bond donors (Lipinski definition) is 1. The molecule has 2 aromatic rings. The number of nitrogen functional groups attached to an aromatic ring is 1. The van der Waals surface area contributed by atoms with Crippen LogP contribution >= 0.6 is 0 Å². The Labute approximate surface area is 98.8 Å². The summed E-state index contributed by atoms with van der Waals surface area (Å²) in [5.41, 5.74) is 7.49. The van der Waals surface area contributed by atoms with Gasteiger partial charge in [-0.25, -0.2) is 9.07 Å². The van der Waals surface area contributed by atoms with Crippen molar-refractivity contribution in [3.05, 3.63) is 41.3 Å². The molecule has 1 aromatic carbocycles. The van der Waals surface area contributed by atoms with Gasteiger partial charge in [0.05, 0.1) is 5.69 Å². The fourth-order valence-electron chi connectivity index (χ4n) is 1.59. The first-order valence-electron chi connectivity index (χ1n) is 5.25. The molecule has 0 aliphatic rings. The zero-order chi connectivity index (χ0) is 12.4. The highest BCUT2D eigenvalue weighted by atomic mass is 19.1. The molecule has 0 unspecified atom stereocenters. The molecule has 2 N–H and O–H groups in total. The number of ether oxygens (including phenoxy) is 1. The summed E-state index contributed by atoms with van der Waals surface area (Å²) in [5, 5.41) is 4.12. The molecule has 2 rings (SSSR count). The lowest BCUT2D eigenvalue weighted by Crippen LogP contribution is -2.04. The van der Waals surface area contributed by atoms with E-state index in [9.17, 15) is 4.39 Å². The van der Waals surface area contributed by atoms with E-state index in [1.807, 2.05) is 0 Å². The summed E-state index contributed by atoms with van der Waals surface area (Å²) in [5.74, 6) is 0.177. The zero-order valence-corrected chi connectivity index (χ0v) is 9.77. The minimum absolute atomic E-state index is 0.135. The molecule has 1 heterocycles. The molecule has 0 amide bonds. The predicted octanol–water partition coefficient (Wildman–Crippen LogP) is 2.03. The molecule has 17 heavy (non-hydrogen) atoms. The van der Waals surface area contributed by atoms with E-state index in [4.69, 9.17) is 10.5 Å². The van der Waals surface area contributed by atoms with E-state index in [2.05, 4.69) is 5.10 Å². The van der Waals surface area contributed by atoms with Crippen LogP contribution < -0.4 is 10.5 Å². The van der Waals surface area contributed by atoms with E-state index < -0.39 is 0 Å². The van der Waals surface area contributed by atoms with E-state index in [0.29, 0.717) is 22.8 Å². The van der Waals surface area contributed by atoms with Crippen LogP contribution in [0.15, 0.2) is 24.3 Å². The summed E-state index contributed by atoms with van der Waals surface area (Å²) in [6.07, 6.45) is 0. The number of benzene rings is 1. The maximum absolute atomic E-state index is 13.4. The molecule has 0 aliphatic carbocycles. The zero-order valence-electron chi connectivity index (χ0n) is 9.77. The largest absolute Gasteiger partial charge is 0.471 e. The topological polar surface area (TPSA) is 53.1 Å². The van der Waals surface area contributed by atoms with Gasteiger partial charge in [-0.15, -0.1) is 0 Å². The number of halogens is 1. The predicted molar refractivity (Wildman–Crippen MR) is 63.1 cm³/mol. The standard InChI is InChI=1S/C12H14FN3O/c1-8-11(14)12(16(2)15-8)17-7-9-5-3-4-6-10(9)13/h3-6H,7,14H2,1-2H3. The Morgan fingerprint density at radius 2 is 2.12 bits per heavy atom. The Bertz CT molecular complexity index is 537. The van der Waals surface area contributed by atoms with Gasteiger partial charge in [-0.1, -0.05) is 18.2 Å². The van der Waals surface area contributed by atoms with Gasteiger partial charge in [-0.2, -0.15) is 5.10 Å². The highest BCUT2D eigenvalue weighted by Gasteiger charge is 2.12. The summed E-state index contributed by atoms with van der Waals surface area (Å²) in [6.45, 7) is 1.93. The molecule has 90 valence electrons. The van der Waals surface area contributed by atoms with Gasteiger partial charge in [-0.3, -0.25) is 0 Å². The second-order valence-corrected chi connectivity index (χ2v) is 3.81. The van der Waals surface area contributed by atoms with Crippen molar-refractivity contribution in [3.63, 3.8) is 0 Å². The van der Waals surface area contributed by atoms with Gasteiger partial charge in [0.1, 0.15) is 18.1 Å². The second-order valence-electron chi connectivity index (χ2n) is 3.81. The Morgan fingerprint density at radius 3 is 2.71 bits per heavy atom. The van der Waals surface area contributed by atoms with Gasteiger partial charge in [0, 0.05) is 12.6 Å². The lowest BCUT2D eigenvalue weighted by Gasteiger charge is -2.07. The Balaban J connectivity index is 2.15. The van der Waals surface area contributed by atoms with Crippen molar-refractivity contribution in [1.82, 2.24) is 9.78 Å². The van der Waals surface area contributed by atoms with Crippen molar-refractivity contribution in [2.75, 3.05) is 5.73 Å². The van der Waals surface area contributed by atoms with Gasteiger partial charge in [0.2, 0.25) is 5.88 Å². The van der Waals surface area contributed by atoms with Gasteiger partial charge in [0.15, 0.2) is 0 Å². The summed E-state index contributed by atoms with van der Waals surface area (Å²) in [4.78, 5) is 0. The molecule has 0 aliphatic heterocycles. The summed E-state index contributed by atoms with van der Waals surface area (Å²) in [7, 11) is 1.74. The van der Waals surface area contributed by atoms with Gasteiger partial charge in [0.25, 0.3) is 0 Å². The van der Waals surface area contributed by atoms with Crippen molar-refractivity contribution in [2.45, 2.75) is 13.5 Å². The van der Waals surface area contributed by atoms with Crippen molar-refractivity contribution in [2.24, 2.45) is 7.05 Å². The minimum atomic E-state index is -0.287. The van der Waals surface area contributed by atoms with Crippen LogP contribution in [-0.2, 0) is 13.7 Å². The lowest BCUT2D eigenvalue weighted by molar-refractivity contribution is 0.275. The van der Waals surface area contributed by atoms with E-state index in [1.54, 1.807) is 36.9 Å². The van der Waals surface area contributed by atoms with Crippen LogP contribution in [-0.4, -0.2) is 9.78 Å². The van der Waals surface area contributed by atoms with Crippen molar-refractivity contribution < 1.29 is 9.13 Å². The van der Waals surface area contributed by atoms with Crippen molar-refractivity contribution >= 4 is 5.69 Å². The first-order valence-corrected chi connectivity index (χ1v) is 5.25. The third kappa shape index (κ3) is 2.22. The molecule has 4 nitrogen and oxygen atoms in total. The number of nitrogens with zero attached hydrogens (tertiary/aromatic N) is 2. The molecule has 1 aromatic heterocycles. The van der Waals surface area contributed by atoms with Crippen molar-refractivity contribution in [1.29, 1.82) is 0 Å². The third-order valence-corrected chi connectivity index (χ3v) is 2.54. The van der Waals surface area contributed by atoms with Crippen LogP contribution in [0, 0.1) is 12.7 Å².